The molecule has 1 N–H and O–H groups in total. The Balaban J connectivity index is 2.39. The standard InChI is InChI=1S/C12H17N3O/c1-3-5-10(2)8-12(16)15-9-11-13-6-4-7-14-11/h4,6-8H,3,5,9H2,1-2H3,(H,15,16)/b10-8+. The summed E-state index contributed by atoms with van der Waals surface area (Å²) in [5.41, 5.74) is 1.09. The maximum atomic E-state index is 11.5. The number of carbonyl (C=O) groups excluding carboxylic acids is 1. The van der Waals surface area contributed by atoms with Crippen LogP contribution in [0.2, 0.25) is 0 Å². The summed E-state index contributed by atoms with van der Waals surface area (Å²) in [6.07, 6.45) is 6.96. The van der Waals surface area contributed by atoms with E-state index in [1.54, 1.807) is 24.5 Å². The van der Waals surface area contributed by atoms with Gasteiger partial charge >= 0.3 is 0 Å². The van der Waals surface area contributed by atoms with Crippen LogP contribution in [0.5, 0.6) is 0 Å². The van der Waals surface area contributed by atoms with Crippen LogP contribution in [0.3, 0.4) is 0 Å². The highest BCUT2D eigenvalue weighted by atomic mass is 16.1. The van der Waals surface area contributed by atoms with E-state index < -0.39 is 0 Å². The third-order valence-corrected chi connectivity index (χ3v) is 2.06. The molecule has 0 aromatic carbocycles. The molecule has 0 spiro atoms. The van der Waals surface area contributed by atoms with Gasteiger partial charge in [-0.05, 0) is 19.4 Å². The summed E-state index contributed by atoms with van der Waals surface area (Å²) in [7, 11) is 0. The van der Waals surface area contributed by atoms with E-state index in [1.807, 2.05) is 6.92 Å². The van der Waals surface area contributed by atoms with Gasteiger partial charge in [0.1, 0.15) is 5.82 Å². The Hall–Kier alpha value is -1.71. The van der Waals surface area contributed by atoms with Gasteiger partial charge in [0, 0.05) is 18.5 Å². The van der Waals surface area contributed by atoms with Crippen LogP contribution in [0.15, 0.2) is 30.1 Å². The number of hydrogen-bond acceptors (Lipinski definition) is 3. The van der Waals surface area contributed by atoms with Crippen molar-refractivity contribution < 1.29 is 4.79 Å². The van der Waals surface area contributed by atoms with Crippen LogP contribution < -0.4 is 5.32 Å². The minimum atomic E-state index is -0.0848. The molecule has 0 radical (unpaired) electrons. The van der Waals surface area contributed by atoms with Crippen LogP contribution in [0.25, 0.3) is 0 Å². The van der Waals surface area contributed by atoms with E-state index in [2.05, 4.69) is 22.2 Å². The van der Waals surface area contributed by atoms with Crippen molar-refractivity contribution >= 4 is 5.91 Å². The second-order valence-corrected chi connectivity index (χ2v) is 3.62. The van der Waals surface area contributed by atoms with Crippen molar-refractivity contribution in [2.24, 2.45) is 0 Å². The Bertz CT molecular complexity index is 360. The van der Waals surface area contributed by atoms with Gasteiger partial charge < -0.3 is 5.32 Å². The largest absolute Gasteiger partial charge is 0.345 e. The molecule has 0 bridgehead atoms. The molecule has 1 aromatic heterocycles. The normalized spacial score (nSPS) is 11.2. The number of allylic oxidation sites excluding steroid dienone is 1. The number of carbonyl (C=O) groups is 1. The maximum Gasteiger partial charge on any atom is 0.244 e. The van der Waals surface area contributed by atoms with Gasteiger partial charge in [-0.25, -0.2) is 9.97 Å². The molecule has 86 valence electrons. The molecule has 0 unspecified atom stereocenters. The van der Waals surface area contributed by atoms with Crippen molar-refractivity contribution in [2.75, 3.05) is 0 Å². The molecule has 1 amide bonds. The first-order valence-corrected chi connectivity index (χ1v) is 5.43. The summed E-state index contributed by atoms with van der Waals surface area (Å²) in [5.74, 6) is 0.538. The van der Waals surface area contributed by atoms with E-state index in [0.717, 1.165) is 18.4 Å². The van der Waals surface area contributed by atoms with Crippen molar-refractivity contribution in [3.63, 3.8) is 0 Å². The van der Waals surface area contributed by atoms with Gasteiger partial charge in [-0.2, -0.15) is 0 Å². The summed E-state index contributed by atoms with van der Waals surface area (Å²) in [4.78, 5) is 19.5. The number of nitrogens with one attached hydrogen (secondary N) is 1. The molecule has 0 atom stereocenters. The molecule has 16 heavy (non-hydrogen) atoms. The summed E-state index contributed by atoms with van der Waals surface area (Å²) < 4.78 is 0. The Morgan fingerprint density at radius 3 is 2.75 bits per heavy atom. The van der Waals surface area contributed by atoms with E-state index in [9.17, 15) is 4.79 Å². The number of rotatable bonds is 5. The smallest absolute Gasteiger partial charge is 0.244 e. The minimum Gasteiger partial charge on any atom is -0.345 e. The van der Waals surface area contributed by atoms with Gasteiger partial charge in [0.05, 0.1) is 6.54 Å². The van der Waals surface area contributed by atoms with Gasteiger partial charge in [-0.3, -0.25) is 4.79 Å². The molecule has 0 aliphatic heterocycles. The first-order valence-electron chi connectivity index (χ1n) is 5.43. The molecule has 0 aliphatic rings. The molecular formula is C12H17N3O. The molecule has 0 saturated heterocycles. The highest BCUT2D eigenvalue weighted by Gasteiger charge is 1.99. The van der Waals surface area contributed by atoms with Crippen LogP contribution in [-0.2, 0) is 11.3 Å². The molecule has 4 nitrogen and oxygen atoms in total. The molecule has 0 saturated carbocycles. The Labute approximate surface area is 95.8 Å². The zero-order valence-corrected chi connectivity index (χ0v) is 9.73. The predicted octanol–water partition coefficient (Wildman–Crippen LogP) is 1.84. The fourth-order valence-electron chi connectivity index (χ4n) is 1.33. The van der Waals surface area contributed by atoms with Crippen LogP contribution >= 0.6 is 0 Å². The van der Waals surface area contributed by atoms with Gasteiger partial charge in [-0.1, -0.05) is 18.9 Å². The molecule has 0 fully saturated rings. The topological polar surface area (TPSA) is 54.9 Å². The number of amides is 1. The van der Waals surface area contributed by atoms with Crippen molar-refractivity contribution in [2.45, 2.75) is 33.2 Å². The van der Waals surface area contributed by atoms with E-state index in [1.165, 1.54) is 0 Å². The lowest BCUT2D eigenvalue weighted by molar-refractivity contribution is -0.116. The monoisotopic (exact) mass is 219 g/mol. The lowest BCUT2D eigenvalue weighted by atomic mass is 10.1. The van der Waals surface area contributed by atoms with Crippen LogP contribution in [0.1, 0.15) is 32.5 Å². The first-order chi connectivity index (χ1) is 7.72. The average molecular weight is 219 g/mol. The van der Waals surface area contributed by atoms with Crippen molar-refractivity contribution in [1.29, 1.82) is 0 Å². The molecule has 4 heteroatoms. The summed E-state index contributed by atoms with van der Waals surface area (Å²) in [5, 5.41) is 2.75. The van der Waals surface area contributed by atoms with Crippen LogP contribution in [-0.4, -0.2) is 15.9 Å². The average Bonchev–Trinajstić information content (AvgIpc) is 2.28. The molecule has 0 aliphatic carbocycles. The quantitative estimate of drug-likeness (QED) is 0.769. The maximum absolute atomic E-state index is 11.5. The number of aromatic nitrogens is 2. The van der Waals surface area contributed by atoms with Gasteiger partial charge in [0.25, 0.3) is 0 Å². The Kier molecular flexibility index (Phi) is 5.19. The Morgan fingerprint density at radius 2 is 2.12 bits per heavy atom. The molecule has 1 aromatic rings. The van der Waals surface area contributed by atoms with E-state index in [-0.39, 0.29) is 5.91 Å². The lowest BCUT2D eigenvalue weighted by Gasteiger charge is -2.01. The fraction of sp³-hybridized carbons (Fsp3) is 0.417. The van der Waals surface area contributed by atoms with Crippen molar-refractivity contribution in [1.82, 2.24) is 15.3 Å². The molecule has 1 heterocycles. The minimum absolute atomic E-state index is 0.0848. The zero-order chi connectivity index (χ0) is 11.8. The van der Waals surface area contributed by atoms with Crippen LogP contribution in [0.4, 0.5) is 0 Å². The third kappa shape index (κ3) is 4.68. The van der Waals surface area contributed by atoms with Crippen molar-refractivity contribution in [3.8, 4) is 0 Å². The Morgan fingerprint density at radius 1 is 1.44 bits per heavy atom. The van der Waals surface area contributed by atoms with E-state index in [0.29, 0.717) is 12.4 Å². The van der Waals surface area contributed by atoms with Gasteiger partial charge in [0.15, 0.2) is 0 Å². The van der Waals surface area contributed by atoms with E-state index >= 15 is 0 Å². The summed E-state index contributed by atoms with van der Waals surface area (Å²) >= 11 is 0. The highest BCUT2D eigenvalue weighted by Crippen LogP contribution is 2.02. The SMILES string of the molecule is CCC/C(C)=C/C(=O)NCc1ncccn1. The van der Waals surface area contributed by atoms with E-state index in [4.69, 9.17) is 0 Å². The summed E-state index contributed by atoms with van der Waals surface area (Å²) in [6.45, 7) is 4.42. The number of nitrogens with zero attached hydrogens (tertiary/aromatic N) is 2. The summed E-state index contributed by atoms with van der Waals surface area (Å²) in [6, 6.07) is 1.75. The highest BCUT2D eigenvalue weighted by molar-refractivity contribution is 5.87. The third-order valence-electron chi connectivity index (χ3n) is 2.06. The second kappa shape index (κ2) is 6.71. The van der Waals surface area contributed by atoms with Crippen molar-refractivity contribution in [3.05, 3.63) is 35.9 Å². The molecule has 1 rings (SSSR count). The van der Waals surface area contributed by atoms with Crippen LogP contribution in [0, 0.1) is 0 Å². The van der Waals surface area contributed by atoms with Gasteiger partial charge in [0.2, 0.25) is 5.91 Å². The first kappa shape index (κ1) is 12.4. The van der Waals surface area contributed by atoms with Gasteiger partial charge in [-0.15, -0.1) is 0 Å². The fourth-order valence-corrected chi connectivity index (χ4v) is 1.33. The lowest BCUT2D eigenvalue weighted by Crippen LogP contribution is -2.21. The zero-order valence-electron chi connectivity index (χ0n) is 9.73. The molecular weight excluding hydrogens is 202 g/mol. The predicted molar refractivity (Wildman–Crippen MR) is 62.5 cm³/mol. The second-order valence-electron chi connectivity index (χ2n) is 3.62. The number of hydrogen-bond donors (Lipinski definition) is 1.